The fourth-order valence-electron chi connectivity index (χ4n) is 2.83. The second kappa shape index (κ2) is 5.89. The van der Waals surface area contributed by atoms with E-state index in [9.17, 15) is 9.18 Å². The molecule has 2 aromatic carbocycles. The summed E-state index contributed by atoms with van der Waals surface area (Å²) in [6.07, 6.45) is 0. The number of nitrogens with zero attached hydrogens (tertiary/aromatic N) is 2. The van der Waals surface area contributed by atoms with Crippen LogP contribution in [0.15, 0.2) is 42.5 Å². The topological polar surface area (TPSA) is 23.6 Å². The molecule has 0 saturated heterocycles. The van der Waals surface area contributed by atoms with Crippen molar-refractivity contribution < 1.29 is 9.18 Å². The van der Waals surface area contributed by atoms with Gasteiger partial charge in [-0.15, -0.1) is 0 Å². The van der Waals surface area contributed by atoms with Gasteiger partial charge in [0, 0.05) is 25.3 Å². The Kier molecular flexibility index (Phi) is 3.94. The van der Waals surface area contributed by atoms with Crippen LogP contribution in [0.3, 0.4) is 0 Å². The highest BCUT2D eigenvalue weighted by molar-refractivity contribution is 6.06. The standard InChI is InChI=1S/C18H19FN2O/c1-13-7-8-16(19)15(11-13)18(22)21-10-9-20(2)12-14-5-3-4-6-17(14)21/h3-8,11H,9-10,12H2,1-2H3. The van der Waals surface area contributed by atoms with Crippen LogP contribution < -0.4 is 4.90 Å². The number of rotatable bonds is 1. The number of carbonyl (C=O) groups excluding carboxylic acids is 1. The zero-order valence-electron chi connectivity index (χ0n) is 12.8. The minimum Gasteiger partial charge on any atom is -0.307 e. The van der Waals surface area contributed by atoms with Crippen LogP contribution in [0.2, 0.25) is 0 Å². The lowest BCUT2D eigenvalue weighted by molar-refractivity contribution is 0.0982. The van der Waals surface area contributed by atoms with Gasteiger partial charge < -0.3 is 9.80 Å². The number of hydrogen-bond acceptors (Lipinski definition) is 2. The lowest BCUT2D eigenvalue weighted by Gasteiger charge is -2.23. The normalized spacial score (nSPS) is 15.3. The van der Waals surface area contributed by atoms with E-state index >= 15 is 0 Å². The molecule has 0 saturated carbocycles. The summed E-state index contributed by atoms with van der Waals surface area (Å²) in [6, 6.07) is 12.5. The van der Waals surface area contributed by atoms with Gasteiger partial charge in [0.1, 0.15) is 5.82 Å². The Morgan fingerprint density at radius 3 is 2.73 bits per heavy atom. The molecule has 0 fully saturated rings. The first-order valence-corrected chi connectivity index (χ1v) is 7.41. The average molecular weight is 298 g/mol. The predicted molar refractivity (Wildman–Crippen MR) is 85.6 cm³/mol. The van der Waals surface area contributed by atoms with Crippen molar-refractivity contribution in [3.05, 3.63) is 65.0 Å². The molecule has 0 unspecified atom stereocenters. The number of likely N-dealkylation sites (N-methyl/N-ethyl adjacent to an activating group) is 1. The molecule has 0 N–H and O–H groups in total. The van der Waals surface area contributed by atoms with Crippen molar-refractivity contribution in [2.75, 3.05) is 25.0 Å². The van der Waals surface area contributed by atoms with Crippen LogP contribution in [0.5, 0.6) is 0 Å². The number of amides is 1. The molecule has 22 heavy (non-hydrogen) atoms. The zero-order valence-corrected chi connectivity index (χ0v) is 12.8. The molecule has 1 aliphatic heterocycles. The molecule has 0 atom stereocenters. The second-order valence-corrected chi connectivity index (χ2v) is 5.81. The van der Waals surface area contributed by atoms with Gasteiger partial charge >= 0.3 is 0 Å². The van der Waals surface area contributed by atoms with E-state index in [1.54, 1.807) is 17.0 Å². The smallest absolute Gasteiger partial charge is 0.261 e. The molecule has 3 nitrogen and oxygen atoms in total. The number of fused-ring (bicyclic) bond motifs is 1. The minimum absolute atomic E-state index is 0.138. The number of halogens is 1. The third-order valence-electron chi connectivity index (χ3n) is 4.03. The lowest BCUT2D eigenvalue weighted by Crippen LogP contribution is -2.35. The molecule has 0 spiro atoms. The predicted octanol–water partition coefficient (Wildman–Crippen LogP) is 3.23. The van der Waals surface area contributed by atoms with Crippen molar-refractivity contribution in [2.24, 2.45) is 0 Å². The van der Waals surface area contributed by atoms with E-state index in [-0.39, 0.29) is 11.5 Å². The van der Waals surface area contributed by atoms with Gasteiger partial charge in [0.25, 0.3) is 5.91 Å². The first-order chi connectivity index (χ1) is 10.6. The van der Waals surface area contributed by atoms with Crippen molar-refractivity contribution in [3.8, 4) is 0 Å². The highest BCUT2D eigenvalue weighted by Crippen LogP contribution is 2.26. The molecule has 1 amide bonds. The summed E-state index contributed by atoms with van der Waals surface area (Å²) < 4.78 is 14.1. The monoisotopic (exact) mass is 298 g/mol. The van der Waals surface area contributed by atoms with Crippen molar-refractivity contribution in [1.82, 2.24) is 4.90 Å². The number of aryl methyl sites for hydroxylation is 1. The van der Waals surface area contributed by atoms with Crippen LogP contribution in [-0.4, -0.2) is 30.9 Å². The Morgan fingerprint density at radius 1 is 1.14 bits per heavy atom. The Hall–Kier alpha value is -2.20. The number of para-hydroxylation sites is 1. The van der Waals surface area contributed by atoms with E-state index in [1.165, 1.54) is 6.07 Å². The maximum atomic E-state index is 14.1. The molecular weight excluding hydrogens is 279 g/mol. The first kappa shape index (κ1) is 14.7. The third-order valence-corrected chi connectivity index (χ3v) is 4.03. The van der Waals surface area contributed by atoms with Crippen molar-refractivity contribution in [1.29, 1.82) is 0 Å². The van der Waals surface area contributed by atoms with Crippen LogP contribution in [0.4, 0.5) is 10.1 Å². The molecule has 2 aromatic rings. The Bertz CT molecular complexity index is 714. The molecule has 3 rings (SSSR count). The summed E-state index contributed by atoms with van der Waals surface area (Å²) in [4.78, 5) is 16.7. The number of carbonyl (C=O) groups is 1. The van der Waals surface area contributed by atoms with Crippen LogP contribution >= 0.6 is 0 Å². The number of benzene rings is 2. The summed E-state index contributed by atoms with van der Waals surface area (Å²) in [6.45, 7) is 3.96. The SMILES string of the molecule is Cc1ccc(F)c(C(=O)N2CCN(C)Cc3ccccc32)c1. The molecule has 1 heterocycles. The maximum absolute atomic E-state index is 14.1. The first-order valence-electron chi connectivity index (χ1n) is 7.41. The number of hydrogen-bond donors (Lipinski definition) is 0. The van der Waals surface area contributed by atoms with Crippen LogP contribution in [-0.2, 0) is 6.54 Å². The van der Waals surface area contributed by atoms with E-state index in [1.807, 2.05) is 38.2 Å². The van der Waals surface area contributed by atoms with Gasteiger partial charge in [-0.3, -0.25) is 4.79 Å². The fourth-order valence-corrected chi connectivity index (χ4v) is 2.83. The van der Waals surface area contributed by atoms with Gasteiger partial charge in [0.05, 0.1) is 5.56 Å². The molecule has 0 aliphatic carbocycles. The second-order valence-electron chi connectivity index (χ2n) is 5.81. The van der Waals surface area contributed by atoms with E-state index in [0.717, 1.165) is 29.9 Å². The molecular formula is C18H19FN2O. The molecule has 0 bridgehead atoms. The van der Waals surface area contributed by atoms with Crippen molar-refractivity contribution in [2.45, 2.75) is 13.5 Å². The van der Waals surface area contributed by atoms with E-state index < -0.39 is 5.82 Å². The highest BCUT2D eigenvalue weighted by Gasteiger charge is 2.25. The summed E-state index contributed by atoms with van der Waals surface area (Å²) in [5, 5.41) is 0. The van der Waals surface area contributed by atoms with E-state index in [0.29, 0.717) is 6.54 Å². The van der Waals surface area contributed by atoms with Crippen LogP contribution in [0.1, 0.15) is 21.5 Å². The Balaban J connectivity index is 2.04. The molecule has 4 heteroatoms. The largest absolute Gasteiger partial charge is 0.307 e. The molecule has 0 aromatic heterocycles. The summed E-state index contributed by atoms with van der Waals surface area (Å²) in [5.74, 6) is -0.741. The van der Waals surface area contributed by atoms with Gasteiger partial charge in [-0.25, -0.2) is 4.39 Å². The molecule has 1 aliphatic rings. The van der Waals surface area contributed by atoms with Gasteiger partial charge in [0.15, 0.2) is 0 Å². The average Bonchev–Trinajstić information content (AvgIpc) is 2.67. The zero-order chi connectivity index (χ0) is 15.7. The molecule has 114 valence electrons. The lowest BCUT2D eigenvalue weighted by atomic mass is 10.1. The Morgan fingerprint density at radius 2 is 1.91 bits per heavy atom. The van der Waals surface area contributed by atoms with Gasteiger partial charge in [-0.1, -0.05) is 29.8 Å². The van der Waals surface area contributed by atoms with E-state index in [2.05, 4.69) is 4.90 Å². The summed E-state index contributed by atoms with van der Waals surface area (Å²) in [7, 11) is 2.03. The minimum atomic E-state index is -0.467. The summed E-state index contributed by atoms with van der Waals surface area (Å²) >= 11 is 0. The van der Waals surface area contributed by atoms with Crippen LogP contribution in [0, 0.1) is 12.7 Å². The van der Waals surface area contributed by atoms with Crippen molar-refractivity contribution >= 4 is 11.6 Å². The number of anilines is 1. The van der Waals surface area contributed by atoms with Gasteiger partial charge in [0.2, 0.25) is 0 Å². The third kappa shape index (κ3) is 2.74. The Labute approximate surface area is 130 Å². The summed E-state index contributed by atoms with van der Waals surface area (Å²) in [5.41, 5.74) is 2.98. The maximum Gasteiger partial charge on any atom is 0.261 e. The van der Waals surface area contributed by atoms with E-state index in [4.69, 9.17) is 0 Å². The fraction of sp³-hybridized carbons (Fsp3) is 0.278. The van der Waals surface area contributed by atoms with Gasteiger partial charge in [-0.2, -0.15) is 0 Å². The highest BCUT2D eigenvalue weighted by atomic mass is 19.1. The van der Waals surface area contributed by atoms with Gasteiger partial charge in [-0.05, 0) is 37.7 Å². The van der Waals surface area contributed by atoms with Crippen LogP contribution in [0.25, 0.3) is 0 Å². The van der Waals surface area contributed by atoms with Crippen molar-refractivity contribution in [3.63, 3.8) is 0 Å². The quantitative estimate of drug-likeness (QED) is 0.807. The molecule has 0 radical (unpaired) electrons.